The number of rotatable bonds is 1. The van der Waals surface area contributed by atoms with Crippen LogP contribution in [-0.4, -0.2) is 18.4 Å². The van der Waals surface area contributed by atoms with Crippen LogP contribution in [0.15, 0.2) is 11.6 Å². The van der Waals surface area contributed by atoms with E-state index in [0.29, 0.717) is 12.8 Å². The fourth-order valence-corrected chi connectivity index (χ4v) is 1.69. The summed E-state index contributed by atoms with van der Waals surface area (Å²) >= 11 is 0. The summed E-state index contributed by atoms with van der Waals surface area (Å²) in [5, 5.41) is 0. The third-order valence-electron chi connectivity index (χ3n) is 2.27. The molecule has 2 aliphatic rings. The van der Waals surface area contributed by atoms with Crippen LogP contribution in [0, 0.1) is 5.92 Å². The Morgan fingerprint density at radius 2 is 2.45 bits per heavy atom. The third-order valence-corrected chi connectivity index (χ3v) is 2.27. The van der Waals surface area contributed by atoms with Gasteiger partial charge in [0, 0.05) is 12.3 Å². The van der Waals surface area contributed by atoms with Crippen LogP contribution in [0.4, 0.5) is 0 Å². The van der Waals surface area contributed by atoms with E-state index >= 15 is 0 Å². The van der Waals surface area contributed by atoms with Gasteiger partial charge in [-0.3, -0.25) is 9.59 Å². The summed E-state index contributed by atoms with van der Waals surface area (Å²) in [6.07, 6.45) is 3.74. The highest BCUT2D eigenvalue weighted by Crippen LogP contribution is 2.35. The van der Waals surface area contributed by atoms with Gasteiger partial charge in [0.1, 0.15) is 12.4 Å². The molecule has 2 rings (SSSR count). The zero-order chi connectivity index (χ0) is 7.84. The Labute approximate surface area is 64.0 Å². The van der Waals surface area contributed by atoms with Crippen molar-refractivity contribution in [1.29, 1.82) is 0 Å². The third kappa shape index (κ3) is 0.878. The number of carbonyl (C=O) groups is 2. The van der Waals surface area contributed by atoms with Crippen LogP contribution in [0.2, 0.25) is 0 Å². The van der Waals surface area contributed by atoms with Gasteiger partial charge < -0.3 is 4.74 Å². The van der Waals surface area contributed by atoms with Crippen LogP contribution in [-0.2, 0) is 14.3 Å². The molecule has 0 spiro atoms. The lowest BCUT2D eigenvalue weighted by Crippen LogP contribution is -2.11. The SMILES string of the molecule is O=CC1=CCC2OC(=O)CC12. The summed E-state index contributed by atoms with van der Waals surface area (Å²) < 4.78 is 4.97. The van der Waals surface area contributed by atoms with Gasteiger partial charge >= 0.3 is 5.97 Å². The van der Waals surface area contributed by atoms with Crippen molar-refractivity contribution in [2.24, 2.45) is 5.92 Å². The molecular weight excluding hydrogens is 144 g/mol. The van der Waals surface area contributed by atoms with Gasteiger partial charge in [-0.05, 0) is 5.57 Å². The van der Waals surface area contributed by atoms with Gasteiger partial charge in [-0.25, -0.2) is 0 Å². The molecule has 3 nitrogen and oxygen atoms in total. The van der Waals surface area contributed by atoms with E-state index in [1.54, 1.807) is 0 Å². The number of aldehydes is 1. The van der Waals surface area contributed by atoms with E-state index in [2.05, 4.69) is 0 Å². The van der Waals surface area contributed by atoms with Crippen LogP contribution in [0.25, 0.3) is 0 Å². The molecule has 1 saturated heterocycles. The first kappa shape index (κ1) is 6.58. The van der Waals surface area contributed by atoms with Gasteiger partial charge in [0.2, 0.25) is 0 Å². The summed E-state index contributed by atoms with van der Waals surface area (Å²) in [5.74, 6) is -0.118. The fraction of sp³-hybridized carbons (Fsp3) is 0.500. The van der Waals surface area contributed by atoms with Crippen molar-refractivity contribution in [2.75, 3.05) is 0 Å². The molecule has 0 bridgehead atoms. The van der Waals surface area contributed by atoms with E-state index in [1.165, 1.54) is 0 Å². The topological polar surface area (TPSA) is 43.4 Å². The highest BCUT2D eigenvalue weighted by molar-refractivity contribution is 5.81. The highest BCUT2D eigenvalue weighted by Gasteiger charge is 2.39. The van der Waals surface area contributed by atoms with Gasteiger partial charge in [-0.15, -0.1) is 0 Å². The van der Waals surface area contributed by atoms with E-state index in [0.717, 1.165) is 11.9 Å². The van der Waals surface area contributed by atoms with Crippen LogP contribution in [0.1, 0.15) is 12.8 Å². The number of esters is 1. The Morgan fingerprint density at radius 1 is 1.64 bits per heavy atom. The van der Waals surface area contributed by atoms with Crippen LogP contribution in [0.5, 0.6) is 0 Å². The van der Waals surface area contributed by atoms with Gasteiger partial charge in [0.05, 0.1) is 6.42 Å². The molecule has 0 saturated carbocycles. The molecule has 58 valence electrons. The summed E-state index contributed by atoms with van der Waals surface area (Å²) in [5.41, 5.74) is 0.737. The predicted molar refractivity (Wildman–Crippen MR) is 36.8 cm³/mol. The number of hydrogen-bond acceptors (Lipinski definition) is 3. The molecule has 2 unspecified atom stereocenters. The summed E-state index contributed by atoms with van der Waals surface area (Å²) in [4.78, 5) is 21.2. The lowest BCUT2D eigenvalue weighted by Gasteiger charge is -2.06. The molecule has 0 aromatic heterocycles. The second-order valence-electron chi connectivity index (χ2n) is 2.90. The number of ether oxygens (including phenoxy) is 1. The van der Waals surface area contributed by atoms with E-state index in [1.807, 2.05) is 6.08 Å². The Hall–Kier alpha value is -1.12. The number of hydrogen-bond donors (Lipinski definition) is 0. The second kappa shape index (κ2) is 2.19. The van der Waals surface area contributed by atoms with Gasteiger partial charge in [0.15, 0.2) is 0 Å². The minimum Gasteiger partial charge on any atom is -0.461 e. The van der Waals surface area contributed by atoms with Crippen molar-refractivity contribution in [3.8, 4) is 0 Å². The van der Waals surface area contributed by atoms with E-state index in [4.69, 9.17) is 4.74 Å². The Kier molecular flexibility index (Phi) is 1.31. The number of fused-ring (bicyclic) bond motifs is 1. The Morgan fingerprint density at radius 3 is 3.18 bits per heavy atom. The summed E-state index contributed by atoms with van der Waals surface area (Å²) in [6.45, 7) is 0. The van der Waals surface area contributed by atoms with Gasteiger partial charge in [-0.2, -0.15) is 0 Å². The molecule has 0 radical (unpaired) electrons. The maximum Gasteiger partial charge on any atom is 0.306 e. The highest BCUT2D eigenvalue weighted by atomic mass is 16.5. The molecule has 0 N–H and O–H groups in total. The predicted octanol–water partition coefficient (Wildman–Crippen LogP) is 0.447. The molecular formula is C8H8O3. The van der Waals surface area contributed by atoms with Crippen LogP contribution >= 0.6 is 0 Å². The van der Waals surface area contributed by atoms with Crippen molar-refractivity contribution in [3.63, 3.8) is 0 Å². The molecule has 1 aliphatic carbocycles. The molecule has 3 heteroatoms. The van der Waals surface area contributed by atoms with Crippen molar-refractivity contribution in [1.82, 2.24) is 0 Å². The van der Waals surface area contributed by atoms with Gasteiger partial charge in [0.25, 0.3) is 0 Å². The number of carbonyl (C=O) groups excluding carboxylic acids is 2. The standard InChI is InChI=1S/C8H8O3/c9-4-5-1-2-7-6(5)3-8(10)11-7/h1,4,6-7H,2-3H2. The second-order valence-corrected chi connectivity index (χ2v) is 2.90. The first-order valence-electron chi connectivity index (χ1n) is 3.66. The van der Waals surface area contributed by atoms with E-state index in [-0.39, 0.29) is 18.0 Å². The summed E-state index contributed by atoms with van der Waals surface area (Å²) in [6, 6.07) is 0. The summed E-state index contributed by atoms with van der Waals surface area (Å²) in [7, 11) is 0. The van der Waals surface area contributed by atoms with Crippen LogP contribution in [0.3, 0.4) is 0 Å². The molecule has 1 fully saturated rings. The monoisotopic (exact) mass is 152 g/mol. The fourth-order valence-electron chi connectivity index (χ4n) is 1.69. The van der Waals surface area contributed by atoms with Crippen molar-refractivity contribution in [2.45, 2.75) is 18.9 Å². The normalized spacial score (nSPS) is 34.5. The lowest BCUT2D eigenvalue weighted by atomic mass is 9.99. The van der Waals surface area contributed by atoms with Gasteiger partial charge in [-0.1, -0.05) is 6.08 Å². The first-order valence-corrected chi connectivity index (χ1v) is 3.66. The van der Waals surface area contributed by atoms with Crippen molar-refractivity contribution in [3.05, 3.63) is 11.6 Å². The molecule has 2 atom stereocenters. The minimum absolute atomic E-state index is 0.0392. The average molecular weight is 152 g/mol. The molecule has 1 heterocycles. The maximum atomic E-state index is 10.8. The first-order chi connectivity index (χ1) is 5.31. The molecule has 11 heavy (non-hydrogen) atoms. The van der Waals surface area contributed by atoms with Crippen molar-refractivity contribution >= 4 is 12.3 Å². The zero-order valence-electron chi connectivity index (χ0n) is 5.95. The molecule has 0 amide bonds. The smallest absolute Gasteiger partial charge is 0.306 e. The molecule has 1 aliphatic heterocycles. The quantitative estimate of drug-likeness (QED) is 0.404. The van der Waals surface area contributed by atoms with Crippen molar-refractivity contribution < 1.29 is 14.3 Å². The minimum atomic E-state index is -0.174. The molecule has 0 aromatic carbocycles. The average Bonchev–Trinajstić information content (AvgIpc) is 2.45. The maximum absolute atomic E-state index is 10.8. The lowest BCUT2D eigenvalue weighted by molar-refractivity contribution is -0.141. The molecule has 0 aromatic rings. The van der Waals surface area contributed by atoms with E-state index < -0.39 is 0 Å². The Balaban J connectivity index is 2.20. The largest absolute Gasteiger partial charge is 0.461 e. The Bertz CT molecular complexity index is 242. The van der Waals surface area contributed by atoms with Crippen LogP contribution < -0.4 is 0 Å². The zero-order valence-corrected chi connectivity index (χ0v) is 5.95. The van der Waals surface area contributed by atoms with E-state index in [9.17, 15) is 9.59 Å².